The molecule has 0 saturated carbocycles. The van der Waals surface area contributed by atoms with Gasteiger partial charge in [0, 0.05) is 12.6 Å². The van der Waals surface area contributed by atoms with Crippen molar-refractivity contribution in [2.75, 3.05) is 6.54 Å². The van der Waals surface area contributed by atoms with E-state index in [0.29, 0.717) is 24.4 Å². The van der Waals surface area contributed by atoms with Crippen LogP contribution >= 0.6 is 0 Å². The van der Waals surface area contributed by atoms with Crippen molar-refractivity contribution in [2.24, 2.45) is 5.73 Å². The van der Waals surface area contributed by atoms with Gasteiger partial charge in [0.2, 0.25) is 0 Å². The molecule has 1 aliphatic heterocycles. The van der Waals surface area contributed by atoms with E-state index in [-0.39, 0.29) is 18.2 Å². The van der Waals surface area contributed by atoms with E-state index in [1.54, 1.807) is 11.8 Å². The zero-order valence-corrected chi connectivity index (χ0v) is 11.7. The predicted octanol–water partition coefficient (Wildman–Crippen LogP) is 1.39. The summed E-state index contributed by atoms with van der Waals surface area (Å²) in [5.41, 5.74) is 6.79. The average Bonchev–Trinajstić information content (AvgIpc) is 2.82. The molecule has 1 aliphatic rings. The second kappa shape index (κ2) is 4.80. The first-order valence-corrected chi connectivity index (χ1v) is 6.34. The van der Waals surface area contributed by atoms with Crippen LogP contribution in [0.3, 0.4) is 0 Å². The number of carbonyl (C=O) groups is 1. The number of rotatable bonds is 1. The summed E-state index contributed by atoms with van der Waals surface area (Å²) >= 11 is 0. The van der Waals surface area contributed by atoms with E-state index in [1.165, 1.54) is 0 Å². The van der Waals surface area contributed by atoms with E-state index in [4.69, 9.17) is 15.1 Å². The molecule has 1 aromatic rings. The van der Waals surface area contributed by atoms with Crippen LogP contribution < -0.4 is 5.73 Å². The summed E-state index contributed by atoms with van der Waals surface area (Å²) in [6, 6.07) is -0.515. The standard InChI is InChI=1S/C12H20N4O3/c1-7-9(15-19-14-7)10-8(13)5-6-16(10)11(17)18-12(2,3)4/h8,10H,5-6,13H2,1-4H3/t8-,10-/m0/s1. The number of likely N-dealkylation sites (tertiary alicyclic amines) is 1. The van der Waals surface area contributed by atoms with Crippen molar-refractivity contribution in [2.45, 2.75) is 51.8 Å². The zero-order chi connectivity index (χ0) is 14.2. The lowest BCUT2D eigenvalue weighted by atomic mass is 10.1. The fourth-order valence-electron chi connectivity index (χ4n) is 2.20. The van der Waals surface area contributed by atoms with Crippen LogP contribution in [0.2, 0.25) is 0 Å². The van der Waals surface area contributed by atoms with Crippen molar-refractivity contribution < 1.29 is 14.2 Å². The van der Waals surface area contributed by atoms with Crippen molar-refractivity contribution >= 4 is 6.09 Å². The Labute approximate surface area is 112 Å². The molecule has 106 valence electrons. The summed E-state index contributed by atoms with van der Waals surface area (Å²) in [5, 5.41) is 7.61. The Morgan fingerprint density at radius 3 is 2.68 bits per heavy atom. The molecule has 0 aliphatic carbocycles. The highest BCUT2D eigenvalue weighted by atomic mass is 16.6. The highest BCUT2D eigenvalue weighted by Crippen LogP contribution is 2.32. The molecule has 7 heteroatoms. The Morgan fingerprint density at radius 2 is 2.16 bits per heavy atom. The number of hydrogen-bond donors (Lipinski definition) is 1. The molecule has 19 heavy (non-hydrogen) atoms. The lowest BCUT2D eigenvalue weighted by molar-refractivity contribution is 0.0212. The number of amides is 1. The summed E-state index contributed by atoms with van der Waals surface area (Å²) in [6.07, 6.45) is 0.323. The molecule has 2 atom stereocenters. The maximum Gasteiger partial charge on any atom is 0.410 e. The number of hydrogen-bond acceptors (Lipinski definition) is 6. The van der Waals surface area contributed by atoms with Gasteiger partial charge in [-0.1, -0.05) is 10.3 Å². The van der Waals surface area contributed by atoms with Gasteiger partial charge in [-0.05, 0) is 34.1 Å². The number of nitrogens with zero attached hydrogens (tertiary/aromatic N) is 3. The van der Waals surface area contributed by atoms with Crippen molar-refractivity contribution in [1.29, 1.82) is 0 Å². The van der Waals surface area contributed by atoms with Gasteiger partial charge in [-0.3, -0.25) is 4.90 Å². The summed E-state index contributed by atoms with van der Waals surface area (Å²) in [4.78, 5) is 13.8. The molecule has 0 radical (unpaired) electrons. The summed E-state index contributed by atoms with van der Waals surface area (Å²) in [5.74, 6) is 0. The lowest BCUT2D eigenvalue weighted by Crippen LogP contribution is -2.39. The molecule has 2 N–H and O–H groups in total. The number of nitrogens with two attached hydrogens (primary N) is 1. The summed E-state index contributed by atoms with van der Waals surface area (Å²) in [6.45, 7) is 7.83. The van der Waals surface area contributed by atoms with Crippen LogP contribution in [0.5, 0.6) is 0 Å². The van der Waals surface area contributed by atoms with Crippen molar-refractivity contribution in [1.82, 2.24) is 15.2 Å². The van der Waals surface area contributed by atoms with Gasteiger partial charge in [0.1, 0.15) is 17.0 Å². The first-order valence-electron chi connectivity index (χ1n) is 6.34. The fraction of sp³-hybridized carbons (Fsp3) is 0.750. The van der Waals surface area contributed by atoms with Gasteiger partial charge >= 0.3 is 6.09 Å². The van der Waals surface area contributed by atoms with Gasteiger partial charge in [0.25, 0.3) is 0 Å². The molecule has 0 aromatic carbocycles. The Bertz CT molecular complexity index is 466. The predicted molar refractivity (Wildman–Crippen MR) is 67.3 cm³/mol. The minimum atomic E-state index is -0.536. The van der Waals surface area contributed by atoms with Crippen molar-refractivity contribution in [3.8, 4) is 0 Å². The third-order valence-corrected chi connectivity index (χ3v) is 3.04. The molecule has 2 heterocycles. The Morgan fingerprint density at radius 1 is 1.47 bits per heavy atom. The quantitative estimate of drug-likeness (QED) is 0.827. The summed E-state index contributed by atoms with van der Waals surface area (Å²) < 4.78 is 10.1. The summed E-state index contributed by atoms with van der Waals surface area (Å²) in [7, 11) is 0. The van der Waals surface area contributed by atoms with Gasteiger partial charge in [0.15, 0.2) is 0 Å². The first-order chi connectivity index (χ1) is 8.79. The molecule has 1 amide bonds. The van der Waals surface area contributed by atoms with E-state index < -0.39 is 5.60 Å². The topological polar surface area (TPSA) is 94.5 Å². The van der Waals surface area contributed by atoms with Crippen LogP contribution in [0.1, 0.15) is 44.6 Å². The van der Waals surface area contributed by atoms with E-state index >= 15 is 0 Å². The molecule has 7 nitrogen and oxygen atoms in total. The maximum atomic E-state index is 12.2. The van der Waals surface area contributed by atoms with E-state index in [0.717, 1.165) is 0 Å². The Hall–Kier alpha value is -1.63. The third kappa shape index (κ3) is 2.86. The van der Waals surface area contributed by atoms with Crippen molar-refractivity contribution in [3.05, 3.63) is 11.4 Å². The molecule has 0 bridgehead atoms. The molecule has 2 rings (SSSR count). The zero-order valence-electron chi connectivity index (χ0n) is 11.7. The van der Waals surface area contributed by atoms with Gasteiger partial charge in [-0.25, -0.2) is 9.42 Å². The number of aromatic nitrogens is 2. The highest BCUT2D eigenvalue weighted by molar-refractivity contribution is 5.69. The third-order valence-electron chi connectivity index (χ3n) is 3.04. The molecule has 1 aromatic heterocycles. The maximum absolute atomic E-state index is 12.2. The first kappa shape index (κ1) is 13.8. The van der Waals surface area contributed by atoms with Crippen LogP contribution in [0.15, 0.2) is 4.63 Å². The smallest absolute Gasteiger partial charge is 0.410 e. The number of carbonyl (C=O) groups excluding carboxylic acids is 1. The highest BCUT2D eigenvalue weighted by Gasteiger charge is 2.41. The lowest BCUT2D eigenvalue weighted by Gasteiger charge is -2.28. The minimum absolute atomic E-state index is 0.182. The largest absolute Gasteiger partial charge is 0.444 e. The molecule has 1 fully saturated rings. The average molecular weight is 268 g/mol. The monoisotopic (exact) mass is 268 g/mol. The number of aryl methyl sites for hydroxylation is 1. The van der Waals surface area contributed by atoms with Gasteiger partial charge in [-0.15, -0.1) is 0 Å². The van der Waals surface area contributed by atoms with E-state index in [9.17, 15) is 4.79 Å². The normalized spacial score (nSPS) is 23.7. The molecule has 0 spiro atoms. The SMILES string of the molecule is Cc1nonc1[C@@H]1[C@@H](N)CCN1C(=O)OC(C)(C)C. The van der Waals surface area contributed by atoms with Crippen LogP contribution in [-0.4, -0.2) is 39.5 Å². The van der Waals surface area contributed by atoms with Crippen molar-refractivity contribution in [3.63, 3.8) is 0 Å². The van der Waals surface area contributed by atoms with Gasteiger partial charge in [0.05, 0.1) is 6.04 Å². The van der Waals surface area contributed by atoms with Crippen LogP contribution in [-0.2, 0) is 4.74 Å². The van der Waals surface area contributed by atoms with Crippen LogP contribution in [0.25, 0.3) is 0 Å². The van der Waals surface area contributed by atoms with E-state index in [1.807, 2.05) is 20.8 Å². The molecule has 1 saturated heterocycles. The second-order valence-electron chi connectivity index (χ2n) is 5.81. The number of ether oxygens (including phenoxy) is 1. The Balaban J connectivity index is 2.21. The molecular formula is C12H20N4O3. The fourth-order valence-corrected chi connectivity index (χ4v) is 2.20. The van der Waals surface area contributed by atoms with Gasteiger partial charge < -0.3 is 10.5 Å². The minimum Gasteiger partial charge on any atom is -0.444 e. The van der Waals surface area contributed by atoms with Gasteiger partial charge in [-0.2, -0.15) is 0 Å². The van der Waals surface area contributed by atoms with Crippen LogP contribution in [0, 0.1) is 6.92 Å². The molecule has 0 unspecified atom stereocenters. The van der Waals surface area contributed by atoms with Crippen LogP contribution in [0.4, 0.5) is 4.79 Å². The second-order valence-corrected chi connectivity index (χ2v) is 5.81. The Kier molecular flexibility index (Phi) is 3.49. The van der Waals surface area contributed by atoms with E-state index in [2.05, 4.69) is 10.3 Å². The molecular weight excluding hydrogens is 248 g/mol.